The zero-order chi connectivity index (χ0) is 12.6. The fourth-order valence-electron chi connectivity index (χ4n) is 1.38. The second-order valence-corrected chi connectivity index (χ2v) is 7.73. The molecular formula is C12H27NO2S. The van der Waals surface area contributed by atoms with Gasteiger partial charge in [-0.3, -0.25) is 0 Å². The van der Waals surface area contributed by atoms with Crippen molar-refractivity contribution in [3.05, 3.63) is 0 Å². The summed E-state index contributed by atoms with van der Waals surface area (Å²) in [5.41, 5.74) is 0. The average molecular weight is 249 g/mol. The third-order valence-corrected chi connectivity index (χ3v) is 4.88. The van der Waals surface area contributed by atoms with Crippen LogP contribution < -0.4 is 5.32 Å². The molecule has 0 aliphatic rings. The van der Waals surface area contributed by atoms with Crippen molar-refractivity contribution < 1.29 is 8.42 Å². The Morgan fingerprint density at radius 3 is 2.12 bits per heavy atom. The summed E-state index contributed by atoms with van der Waals surface area (Å²) in [7, 11) is -2.87. The Kier molecular flexibility index (Phi) is 8.02. The SMILES string of the molecule is CC(C)CCCCNCCS(=O)(=O)C(C)C. The van der Waals surface area contributed by atoms with E-state index in [0.29, 0.717) is 6.54 Å². The predicted octanol–water partition coefficient (Wildman–Crippen LogP) is 2.23. The van der Waals surface area contributed by atoms with Crippen molar-refractivity contribution in [2.45, 2.75) is 52.2 Å². The molecule has 0 heterocycles. The lowest BCUT2D eigenvalue weighted by atomic mass is 10.1. The first-order valence-electron chi connectivity index (χ1n) is 6.28. The second-order valence-electron chi connectivity index (χ2n) is 5.06. The van der Waals surface area contributed by atoms with E-state index in [2.05, 4.69) is 19.2 Å². The standard InChI is InChI=1S/C12H27NO2S/c1-11(2)7-5-6-8-13-9-10-16(14,15)12(3)4/h11-13H,5-10H2,1-4H3. The monoisotopic (exact) mass is 249 g/mol. The molecule has 0 aromatic rings. The summed E-state index contributed by atoms with van der Waals surface area (Å²) in [6.07, 6.45) is 3.62. The second kappa shape index (κ2) is 8.07. The molecule has 0 aromatic heterocycles. The van der Waals surface area contributed by atoms with Crippen LogP contribution in [0.25, 0.3) is 0 Å². The van der Waals surface area contributed by atoms with E-state index in [1.807, 2.05) is 0 Å². The van der Waals surface area contributed by atoms with Gasteiger partial charge < -0.3 is 5.32 Å². The van der Waals surface area contributed by atoms with Gasteiger partial charge in [-0.25, -0.2) is 8.42 Å². The van der Waals surface area contributed by atoms with Crippen LogP contribution in [-0.2, 0) is 9.84 Å². The first-order valence-corrected chi connectivity index (χ1v) is 8.00. The predicted molar refractivity (Wildman–Crippen MR) is 70.5 cm³/mol. The van der Waals surface area contributed by atoms with Crippen LogP contribution in [0.4, 0.5) is 0 Å². The molecule has 0 aromatic carbocycles. The molecule has 0 aliphatic heterocycles. The highest BCUT2D eigenvalue weighted by atomic mass is 32.2. The van der Waals surface area contributed by atoms with Crippen LogP contribution in [-0.4, -0.2) is 32.5 Å². The van der Waals surface area contributed by atoms with Crippen LogP contribution in [0.1, 0.15) is 47.0 Å². The highest BCUT2D eigenvalue weighted by Crippen LogP contribution is 2.05. The van der Waals surface area contributed by atoms with E-state index in [4.69, 9.17) is 0 Å². The molecule has 0 rings (SSSR count). The first-order chi connectivity index (χ1) is 7.36. The number of rotatable bonds is 9. The summed E-state index contributed by atoms with van der Waals surface area (Å²) >= 11 is 0. The molecule has 98 valence electrons. The van der Waals surface area contributed by atoms with E-state index in [1.54, 1.807) is 13.8 Å². The van der Waals surface area contributed by atoms with Crippen LogP contribution in [0.15, 0.2) is 0 Å². The van der Waals surface area contributed by atoms with Gasteiger partial charge >= 0.3 is 0 Å². The molecular weight excluding hydrogens is 222 g/mol. The molecule has 0 saturated heterocycles. The number of sulfone groups is 1. The minimum Gasteiger partial charge on any atom is -0.316 e. The lowest BCUT2D eigenvalue weighted by Gasteiger charge is -2.09. The number of unbranched alkanes of at least 4 members (excludes halogenated alkanes) is 1. The molecule has 0 unspecified atom stereocenters. The maximum absolute atomic E-state index is 11.5. The van der Waals surface area contributed by atoms with E-state index in [-0.39, 0.29) is 11.0 Å². The van der Waals surface area contributed by atoms with Crippen LogP contribution in [0, 0.1) is 5.92 Å². The molecule has 0 spiro atoms. The normalized spacial score (nSPS) is 12.6. The number of nitrogens with one attached hydrogen (secondary N) is 1. The van der Waals surface area contributed by atoms with Gasteiger partial charge in [-0.05, 0) is 32.7 Å². The van der Waals surface area contributed by atoms with Crippen molar-refractivity contribution >= 4 is 9.84 Å². The van der Waals surface area contributed by atoms with Crippen molar-refractivity contribution in [2.75, 3.05) is 18.8 Å². The van der Waals surface area contributed by atoms with Crippen molar-refractivity contribution in [3.63, 3.8) is 0 Å². The lowest BCUT2D eigenvalue weighted by Crippen LogP contribution is -2.27. The van der Waals surface area contributed by atoms with Gasteiger partial charge in [0.1, 0.15) is 0 Å². The third-order valence-electron chi connectivity index (χ3n) is 2.67. The van der Waals surface area contributed by atoms with Gasteiger partial charge in [0.2, 0.25) is 0 Å². The Labute approximate surface area is 101 Å². The Morgan fingerprint density at radius 2 is 1.62 bits per heavy atom. The van der Waals surface area contributed by atoms with Gasteiger partial charge in [-0.1, -0.05) is 26.7 Å². The Balaban J connectivity index is 3.41. The third kappa shape index (κ3) is 8.11. The molecule has 0 bridgehead atoms. The topological polar surface area (TPSA) is 46.2 Å². The quantitative estimate of drug-likeness (QED) is 0.637. The molecule has 3 nitrogen and oxygen atoms in total. The van der Waals surface area contributed by atoms with Gasteiger partial charge in [0.15, 0.2) is 9.84 Å². The summed E-state index contributed by atoms with van der Waals surface area (Å²) in [6, 6.07) is 0. The van der Waals surface area contributed by atoms with E-state index in [9.17, 15) is 8.42 Å². The summed E-state index contributed by atoms with van der Waals surface area (Å²) in [4.78, 5) is 0. The van der Waals surface area contributed by atoms with Gasteiger partial charge in [0.25, 0.3) is 0 Å². The molecule has 0 amide bonds. The fraction of sp³-hybridized carbons (Fsp3) is 1.00. The number of hydrogen-bond donors (Lipinski definition) is 1. The Morgan fingerprint density at radius 1 is 1.00 bits per heavy atom. The minimum absolute atomic E-state index is 0.254. The van der Waals surface area contributed by atoms with Gasteiger partial charge in [0.05, 0.1) is 11.0 Å². The summed E-state index contributed by atoms with van der Waals surface area (Å²) in [6.45, 7) is 9.43. The maximum atomic E-state index is 11.5. The molecule has 0 aliphatic carbocycles. The Bertz CT molecular complexity index is 258. The van der Waals surface area contributed by atoms with Crippen LogP contribution in [0.2, 0.25) is 0 Å². The molecule has 1 N–H and O–H groups in total. The molecule has 0 saturated carbocycles. The largest absolute Gasteiger partial charge is 0.316 e. The zero-order valence-corrected chi connectivity index (χ0v) is 11.9. The van der Waals surface area contributed by atoms with E-state index >= 15 is 0 Å². The van der Waals surface area contributed by atoms with Crippen molar-refractivity contribution in [2.24, 2.45) is 5.92 Å². The van der Waals surface area contributed by atoms with Gasteiger partial charge in [-0.2, -0.15) is 0 Å². The minimum atomic E-state index is -2.87. The molecule has 4 heteroatoms. The van der Waals surface area contributed by atoms with Crippen LogP contribution >= 0.6 is 0 Å². The molecule has 0 fully saturated rings. The first kappa shape index (κ1) is 15.9. The highest BCUT2D eigenvalue weighted by Gasteiger charge is 2.14. The smallest absolute Gasteiger partial charge is 0.153 e. The molecule has 0 radical (unpaired) electrons. The molecule has 16 heavy (non-hydrogen) atoms. The van der Waals surface area contributed by atoms with Crippen molar-refractivity contribution in [1.82, 2.24) is 5.32 Å². The van der Waals surface area contributed by atoms with Gasteiger partial charge in [-0.15, -0.1) is 0 Å². The lowest BCUT2D eigenvalue weighted by molar-refractivity contribution is 0.523. The van der Waals surface area contributed by atoms with Crippen LogP contribution in [0.3, 0.4) is 0 Å². The fourth-order valence-corrected chi connectivity index (χ4v) is 2.28. The summed E-state index contributed by atoms with van der Waals surface area (Å²) < 4.78 is 22.9. The zero-order valence-electron chi connectivity index (χ0n) is 11.1. The van der Waals surface area contributed by atoms with Crippen molar-refractivity contribution in [1.29, 1.82) is 0 Å². The maximum Gasteiger partial charge on any atom is 0.153 e. The number of hydrogen-bond acceptors (Lipinski definition) is 3. The molecule has 0 atom stereocenters. The Hall–Kier alpha value is -0.0900. The van der Waals surface area contributed by atoms with E-state index in [0.717, 1.165) is 18.9 Å². The average Bonchev–Trinajstić information content (AvgIpc) is 2.15. The van der Waals surface area contributed by atoms with Crippen molar-refractivity contribution in [3.8, 4) is 0 Å². The van der Waals surface area contributed by atoms with Gasteiger partial charge in [0, 0.05) is 6.54 Å². The highest BCUT2D eigenvalue weighted by molar-refractivity contribution is 7.92. The van der Waals surface area contributed by atoms with E-state index in [1.165, 1.54) is 12.8 Å². The van der Waals surface area contributed by atoms with Crippen LogP contribution in [0.5, 0.6) is 0 Å². The summed E-state index contributed by atoms with van der Waals surface area (Å²) in [5.74, 6) is 1.02. The van der Waals surface area contributed by atoms with E-state index < -0.39 is 9.84 Å². The summed E-state index contributed by atoms with van der Waals surface area (Å²) in [5, 5.41) is 2.94.